The first-order chi connectivity index (χ1) is 15.9. The van der Waals surface area contributed by atoms with Gasteiger partial charge in [-0.15, -0.1) is 0 Å². The predicted molar refractivity (Wildman–Crippen MR) is 140 cm³/mol. The molecule has 33 heavy (non-hydrogen) atoms. The van der Waals surface area contributed by atoms with Crippen LogP contribution in [0.4, 0.5) is 0 Å². The maximum atomic E-state index is 6.30. The predicted octanol–water partition coefficient (Wildman–Crippen LogP) is 6.45. The Kier molecular flexibility index (Phi) is 4.45. The molecule has 3 nitrogen and oxygen atoms in total. The number of allylic oxidation sites excluding steroid dienone is 4. The molecule has 2 unspecified atom stereocenters. The number of H-pyrrole nitrogens is 1. The number of aromatic amines is 1. The summed E-state index contributed by atoms with van der Waals surface area (Å²) in [7, 11) is 0. The van der Waals surface area contributed by atoms with Crippen molar-refractivity contribution in [1.29, 1.82) is 0 Å². The first-order valence-electron chi connectivity index (χ1n) is 12.0. The summed E-state index contributed by atoms with van der Waals surface area (Å²) in [6, 6.07) is 21.9. The quantitative estimate of drug-likeness (QED) is 0.348. The second kappa shape index (κ2) is 7.18. The minimum Gasteiger partial charge on any atom is -0.354 e. The third kappa shape index (κ3) is 2.89. The molecule has 0 bridgehead atoms. The molecule has 166 valence electrons. The van der Waals surface area contributed by atoms with Crippen LogP contribution in [0.5, 0.6) is 0 Å². The van der Waals surface area contributed by atoms with Crippen molar-refractivity contribution in [2.75, 3.05) is 6.54 Å². The first kappa shape index (κ1) is 20.5. The lowest BCUT2D eigenvalue weighted by Gasteiger charge is -2.30. The minimum atomic E-state index is -0.168. The highest BCUT2D eigenvalue weighted by Gasteiger charge is 2.39. The van der Waals surface area contributed by atoms with E-state index in [1.165, 1.54) is 38.6 Å². The van der Waals surface area contributed by atoms with Crippen molar-refractivity contribution in [2.45, 2.75) is 38.6 Å². The molecule has 2 atom stereocenters. The van der Waals surface area contributed by atoms with Gasteiger partial charge in [0.2, 0.25) is 0 Å². The van der Waals surface area contributed by atoms with Gasteiger partial charge in [0.25, 0.3) is 0 Å². The van der Waals surface area contributed by atoms with E-state index < -0.39 is 0 Å². The third-order valence-electron chi connectivity index (χ3n) is 7.96. The van der Waals surface area contributed by atoms with Crippen molar-refractivity contribution in [2.24, 2.45) is 17.4 Å². The van der Waals surface area contributed by atoms with E-state index in [0.717, 1.165) is 23.0 Å². The van der Waals surface area contributed by atoms with Crippen LogP contribution in [0.25, 0.3) is 33.0 Å². The van der Waals surface area contributed by atoms with E-state index in [1.54, 1.807) is 5.57 Å². The zero-order valence-electron chi connectivity index (χ0n) is 19.6. The molecule has 0 amide bonds. The number of rotatable bonds is 3. The Bertz CT molecular complexity index is 1480. The summed E-state index contributed by atoms with van der Waals surface area (Å²) in [5.74, 6) is 0.473. The van der Waals surface area contributed by atoms with Crippen LogP contribution in [0, 0.1) is 5.92 Å². The number of hydrogen-bond acceptors (Lipinski definition) is 2. The lowest BCUT2D eigenvalue weighted by atomic mass is 9.74. The lowest BCUT2D eigenvalue weighted by Crippen LogP contribution is -2.20. The van der Waals surface area contributed by atoms with Crippen molar-refractivity contribution in [3.05, 3.63) is 94.6 Å². The van der Waals surface area contributed by atoms with E-state index in [2.05, 4.69) is 92.5 Å². The van der Waals surface area contributed by atoms with Gasteiger partial charge in [-0.3, -0.25) is 0 Å². The van der Waals surface area contributed by atoms with Crippen molar-refractivity contribution >= 4 is 33.0 Å². The Balaban J connectivity index is 1.52. The summed E-state index contributed by atoms with van der Waals surface area (Å²) in [4.78, 5) is 3.60. The Hall–Kier alpha value is -3.14. The fourth-order valence-corrected chi connectivity index (χ4v) is 6.10. The largest absolute Gasteiger partial charge is 0.354 e. The molecular formula is C30H31N3. The fraction of sp³-hybridized carbons (Fsp3) is 0.267. The van der Waals surface area contributed by atoms with Crippen LogP contribution in [0.15, 0.2) is 72.3 Å². The molecule has 0 fully saturated rings. The van der Waals surface area contributed by atoms with E-state index in [4.69, 9.17) is 11.5 Å². The normalized spacial score (nSPS) is 20.2. The van der Waals surface area contributed by atoms with Gasteiger partial charge in [0.15, 0.2) is 0 Å². The highest BCUT2D eigenvalue weighted by Crippen LogP contribution is 2.53. The average Bonchev–Trinajstić information content (AvgIpc) is 3.30. The van der Waals surface area contributed by atoms with Gasteiger partial charge in [0.1, 0.15) is 0 Å². The van der Waals surface area contributed by atoms with Crippen LogP contribution >= 0.6 is 0 Å². The van der Waals surface area contributed by atoms with Crippen LogP contribution in [-0.4, -0.2) is 11.5 Å². The summed E-state index contributed by atoms with van der Waals surface area (Å²) in [5.41, 5.74) is 24.2. The molecular weight excluding hydrogens is 402 g/mol. The standard InChI is InChI=1S/C30H31N3/c1-17-13-26-23(19-7-4-5-10-25(19)30(26,2)3)15-22(17)18-11-12-28-24(14-18)20-8-6-9-21(27(32)16-31)29(20)33-28/h4-12,14-15,17,27,33H,13,16,31-32H2,1-3H3. The highest BCUT2D eigenvalue weighted by atomic mass is 14.8. The Labute approximate surface area is 195 Å². The summed E-state index contributed by atoms with van der Waals surface area (Å²) in [5, 5.41) is 2.46. The molecule has 0 aliphatic heterocycles. The van der Waals surface area contributed by atoms with Gasteiger partial charge >= 0.3 is 0 Å². The number of fused-ring (bicyclic) bond motifs is 5. The van der Waals surface area contributed by atoms with Gasteiger partial charge in [-0.05, 0) is 57.9 Å². The molecule has 3 aromatic carbocycles. The van der Waals surface area contributed by atoms with Crippen molar-refractivity contribution in [3.8, 4) is 0 Å². The molecule has 0 radical (unpaired) electrons. The molecule has 0 saturated heterocycles. The lowest BCUT2D eigenvalue weighted by molar-refractivity contribution is 0.572. The second-order valence-electron chi connectivity index (χ2n) is 10.3. The molecule has 3 heteroatoms. The molecule has 1 aromatic heterocycles. The second-order valence-corrected chi connectivity index (χ2v) is 10.3. The average molecular weight is 434 g/mol. The van der Waals surface area contributed by atoms with E-state index in [0.29, 0.717) is 12.5 Å². The summed E-state index contributed by atoms with van der Waals surface area (Å²) < 4.78 is 0. The smallest absolute Gasteiger partial charge is 0.0513 e. The Morgan fingerprint density at radius 2 is 1.85 bits per heavy atom. The number of benzene rings is 3. The van der Waals surface area contributed by atoms with E-state index in [-0.39, 0.29) is 11.5 Å². The molecule has 6 rings (SSSR count). The van der Waals surface area contributed by atoms with Crippen molar-refractivity contribution in [3.63, 3.8) is 0 Å². The Morgan fingerprint density at radius 1 is 1.03 bits per heavy atom. The first-order valence-corrected chi connectivity index (χ1v) is 12.0. The summed E-state index contributed by atoms with van der Waals surface area (Å²) in [6.07, 6.45) is 3.56. The maximum Gasteiger partial charge on any atom is 0.0513 e. The number of nitrogens with one attached hydrogen (secondary N) is 1. The van der Waals surface area contributed by atoms with E-state index in [1.807, 2.05) is 0 Å². The van der Waals surface area contributed by atoms with E-state index in [9.17, 15) is 0 Å². The van der Waals surface area contributed by atoms with Gasteiger partial charge in [-0.1, -0.05) is 81.0 Å². The van der Waals surface area contributed by atoms with Crippen molar-refractivity contribution < 1.29 is 0 Å². The zero-order valence-corrected chi connectivity index (χ0v) is 19.6. The Morgan fingerprint density at radius 3 is 2.67 bits per heavy atom. The number of para-hydroxylation sites is 1. The van der Waals surface area contributed by atoms with Crippen LogP contribution in [0.2, 0.25) is 0 Å². The molecule has 2 aliphatic carbocycles. The number of aromatic nitrogens is 1. The zero-order chi connectivity index (χ0) is 22.9. The van der Waals surface area contributed by atoms with Crippen LogP contribution in [0.3, 0.4) is 0 Å². The van der Waals surface area contributed by atoms with Crippen LogP contribution in [-0.2, 0) is 5.41 Å². The topological polar surface area (TPSA) is 67.8 Å². The molecule has 5 N–H and O–H groups in total. The molecule has 1 heterocycles. The third-order valence-corrected chi connectivity index (χ3v) is 7.96. The van der Waals surface area contributed by atoms with Crippen molar-refractivity contribution in [1.82, 2.24) is 4.98 Å². The molecule has 4 aromatic rings. The monoisotopic (exact) mass is 433 g/mol. The van der Waals surface area contributed by atoms with Crippen LogP contribution < -0.4 is 11.5 Å². The number of nitrogens with two attached hydrogens (primary N) is 2. The van der Waals surface area contributed by atoms with Gasteiger partial charge in [-0.25, -0.2) is 0 Å². The summed E-state index contributed by atoms with van der Waals surface area (Å²) in [6.45, 7) is 7.55. The van der Waals surface area contributed by atoms with Crippen LogP contribution in [0.1, 0.15) is 55.5 Å². The SMILES string of the molecule is CC1CC2=C(C=C1c1ccc3[nH]c4c(C(N)CN)cccc4c3c1)c1ccccc1C2(C)C. The number of hydrogen-bond donors (Lipinski definition) is 3. The highest BCUT2D eigenvalue weighted by molar-refractivity contribution is 6.09. The maximum absolute atomic E-state index is 6.30. The minimum absolute atomic E-state index is 0.0984. The van der Waals surface area contributed by atoms with Gasteiger partial charge in [0, 0.05) is 34.3 Å². The molecule has 0 spiro atoms. The fourth-order valence-electron chi connectivity index (χ4n) is 6.10. The summed E-state index contributed by atoms with van der Waals surface area (Å²) >= 11 is 0. The van der Waals surface area contributed by atoms with Gasteiger partial charge < -0.3 is 16.5 Å². The molecule has 0 saturated carbocycles. The molecule has 2 aliphatic rings. The van der Waals surface area contributed by atoms with Gasteiger partial charge in [-0.2, -0.15) is 0 Å². The van der Waals surface area contributed by atoms with E-state index >= 15 is 0 Å². The van der Waals surface area contributed by atoms with Gasteiger partial charge in [0.05, 0.1) is 5.52 Å².